The van der Waals surface area contributed by atoms with Crippen molar-refractivity contribution >= 4 is 13.4 Å². The molecule has 1 nitrogen and oxygen atoms in total. The van der Waals surface area contributed by atoms with Gasteiger partial charge in [-0.25, -0.2) is 0 Å². The van der Waals surface area contributed by atoms with Crippen LogP contribution >= 0.6 is 7.92 Å². The lowest BCUT2D eigenvalue weighted by atomic mass is 10.1. The van der Waals surface area contributed by atoms with E-state index in [-0.39, 0.29) is 7.92 Å². The molecule has 0 fully saturated rings. The van der Waals surface area contributed by atoms with Gasteiger partial charge in [-0.2, -0.15) is 0 Å². The van der Waals surface area contributed by atoms with Gasteiger partial charge in [0.25, 0.3) is 0 Å². The maximum absolute atomic E-state index is 4.44. The Kier molecular flexibility index (Phi) is 7.42. The summed E-state index contributed by atoms with van der Waals surface area (Å²) in [5, 5.41) is 0. The molecule has 1 aromatic rings. The minimum atomic E-state index is -0.0113. The first-order chi connectivity index (χ1) is 7.84. The van der Waals surface area contributed by atoms with Gasteiger partial charge >= 0.3 is 0 Å². The summed E-state index contributed by atoms with van der Waals surface area (Å²) in [6, 6.07) is 6.27. The Labute approximate surface area is 101 Å². The van der Waals surface area contributed by atoms with Gasteiger partial charge < -0.3 is 0 Å². The van der Waals surface area contributed by atoms with Gasteiger partial charge in [-0.05, 0) is 31.4 Å². The van der Waals surface area contributed by atoms with E-state index in [2.05, 4.69) is 30.7 Å². The topological polar surface area (TPSA) is 12.9 Å². The first-order valence-electron chi connectivity index (χ1n) is 6.46. The van der Waals surface area contributed by atoms with E-state index in [9.17, 15) is 0 Å². The maximum Gasteiger partial charge on any atom is 0.0628 e. The van der Waals surface area contributed by atoms with Crippen LogP contribution in [-0.4, -0.2) is 17.8 Å². The average Bonchev–Trinajstić information content (AvgIpc) is 2.34. The second kappa shape index (κ2) is 8.70. The van der Waals surface area contributed by atoms with E-state index >= 15 is 0 Å². The SMILES string of the molecule is CCCCCCCCP(C)c1ccccn1. The number of aromatic nitrogens is 1. The fourth-order valence-corrected chi connectivity index (χ4v) is 3.35. The van der Waals surface area contributed by atoms with Crippen LogP contribution in [0.4, 0.5) is 0 Å². The zero-order valence-corrected chi connectivity index (χ0v) is 11.5. The molecule has 0 aliphatic rings. The van der Waals surface area contributed by atoms with E-state index < -0.39 is 0 Å². The maximum atomic E-state index is 4.44. The highest BCUT2D eigenvalue weighted by Crippen LogP contribution is 2.29. The molecule has 1 heterocycles. The standard InChI is InChI=1S/C14H24NP/c1-3-4-5-6-7-10-13-16(2)14-11-8-9-12-15-14/h8-9,11-12H,3-7,10,13H2,1-2H3. The molecular weight excluding hydrogens is 213 g/mol. The molecule has 0 aliphatic carbocycles. The Balaban J connectivity index is 2.09. The lowest BCUT2D eigenvalue weighted by Gasteiger charge is -2.10. The van der Waals surface area contributed by atoms with Gasteiger partial charge in [-0.3, -0.25) is 4.98 Å². The van der Waals surface area contributed by atoms with Crippen LogP contribution in [0, 0.1) is 0 Å². The summed E-state index contributed by atoms with van der Waals surface area (Å²) in [7, 11) is -0.0113. The van der Waals surface area contributed by atoms with Crippen molar-refractivity contribution in [2.45, 2.75) is 45.4 Å². The molecule has 1 aromatic heterocycles. The van der Waals surface area contributed by atoms with Gasteiger partial charge in [0.15, 0.2) is 0 Å². The molecule has 0 bridgehead atoms. The van der Waals surface area contributed by atoms with Crippen molar-refractivity contribution in [3.63, 3.8) is 0 Å². The smallest absolute Gasteiger partial charge is 0.0628 e. The Hall–Kier alpha value is -0.420. The molecule has 2 heteroatoms. The van der Waals surface area contributed by atoms with Crippen molar-refractivity contribution in [1.82, 2.24) is 4.98 Å². The van der Waals surface area contributed by atoms with E-state index in [0.29, 0.717) is 0 Å². The number of nitrogens with zero attached hydrogens (tertiary/aromatic N) is 1. The lowest BCUT2D eigenvalue weighted by Crippen LogP contribution is -2.06. The number of unbranched alkanes of at least 4 members (excludes halogenated alkanes) is 5. The highest BCUT2D eigenvalue weighted by Gasteiger charge is 2.04. The fraction of sp³-hybridized carbons (Fsp3) is 0.643. The Morgan fingerprint density at radius 1 is 1.06 bits per heavy atom. The van der Waals surface area contributed by atoms with Crippen molar-refractivity contribution in [1.29, 1.82) is 0 Å². The number of pyridine rings is 1. The number of hydrogen-bond donors (Lipinski definition) is 0. The molecule has 0 saturated carbocycles. The van der Waals surface area contributed by atoms with Gasteiger partial charge in [0.1, 0.15) is 0 Å². The van der Waals surface area contributed by atoms with E-state index in [1.165, 1.54) is 50.1 Å². The van der Waals surface area contributed by atoms with Crippen LogP contribution in [0.25, 0.3) is 0 Å². The molecule has 1 atom stereocenters. The summed E-state index contributed by atoms with van der Waals surface area (Å²) in [5.74, 6) is 0. The summed E-state index contributed by atoms with van der Waals surface area (Å²) < 4.78 is 0. The van der Waals surface area contributed by atoms with Gasteiger partial charge in [0.2, 0.25) is 0 Å². The summed E-state index contributed by atoms with van der Waals surface area (Å²) in [6.45, 7) is 4.62. The van der Waals surface area contributed by atoms with Gasteiger partial charge in [0.05, 0.1) is 5.44 Å². The number of hydrogen-bond acceptors (Lipinski definition) is 1. The molecule has 1 rings (SSSR count). The highest BCUT2D eigenvalue weighted by molar-refractivity contribution is 7.64. The summed E-state index contributed by atoms with van der Waals surface area (Å²) in [6.07, 6.45) is 11.6. The zero-order valence-electron chi connectivity index (χ0n) is 10.7. The Bertz CT molecular complexity index is 261. The number of rotatable bonds is 8. The molecule has 0 aromatic carbocycles. The van der Waals surface area contributed by atoms with Crippen LogP contribution in [0.15, 0.2) is 24.4 Å². The summed E-state index contributed by atoms with van der Waals surface area (Å²) in [5.41, 5.74) is 1.31. The predicted octanol–water partition coefficient (Wildman–Crippen LogP) is 4.18. The zero-order chi connectivity index (χ0) is 11.6. The van der Waals surface area contributed by atoms with Crippen molar-refractivity contribution in [2.75, 3.05) is 12.8 Å². The second-order valence-corrected chi connectivity index (χ2v) is 6.68. The third-order valence-electron chi connectivity index (χ3n) is 2.89. The second-order valence-electron chi connectivity index (χ2n) is 4.38. The molecule has 0 amide bonds. The normalized spacial score (nSPS) is 12.6. The van der Waals surface area contributed by atoms with Crippen molar-refractivity contribution in [3.05, 3.63) is 24.4 Å². The van der Waals surface area contributed by atoms with Crippen LogP contribution in [0.1, 0.15) is 45.4 Å². The van der Waals surface area contributed by atoms with Crippen LogP contribution in [-0.2, 0) is 0 Å². The molecule has 0 radical (unpaired) electrons. The fourth-order valence-electron chi connectivity index (χ4n) is 1.82. The molecule has 0 saturated heterocycles. The van der Waals surface area contributed by atoms with Gasteiger partial charge in [0, 0.05) is 6.20 Å². The Morgan fingerprint density at radius 2 is 1.81 bits per heavy atom. The average molecular weight is 237 g/mol. The minimum absolute atomic E-state index is 0.0113. The van der Waals surface area contributed by atoms with Crippen LogP contribution in [0.2, 0.25) is 0 Å². The summed E-state index contributed by atoms with van der Waals surface area (Å²) >= 11 is 0. The molecular formula is C14H24NP. The summed E-state index contributed by atoms with van der Waals surface area (Å²) in [4.78, 5) is 4.44. The van der Waals surface area contributed by atoms with Crippen LogP contribution in [0.5, 0.6) is 0 Å². The molecule has 1 unspecified atom stereocenters. The van der Waals surface area contributed by atoms with Crippen molar-refractivity contribution in [2.24, 2.45) is 0 Å². The van der Waals surface area contributed by atoms with E-state index in [4.69, 9.17) is 0 Å². The van der Waals surface area contributed by atoms with Crippen LogP contribution < -0.4 is 5.44 Å². The quantitative estimate of drug-likeness (QED) is 0.488. The molecule has 16 heavy (non-hydrogen) atoms. The van der Waals surface area contributed by atoms with E-state index in [1.54, 1.807) is 0 Å². The van der Waals surface area contributed by atoms with Crippen LogP contribution in [0.3, 0.4) is 0 Å². The third-order valence-corrected chi connectivity index (χ3v) is 4.92. The molecule has 90 valence electrons. The van der Waals surface area contributed by atoms with Crippen molar-refractivity contribution in [3.8, 4) is 0 Å². The molecule has 0 aliphatic heterocycles. The highest BCUT2D eigenvalue weighted by atomic mass is 31.1. The predicted molar refractivity (Wildman–Crippen MR) is 75.0 cm³/mol. The third kappa shape index (κ3) is 5.61. The molecule has 0 N–H and O–H groups in total. The van der Waals surface area contributed by atoms with E-state index in [0.717, 1.165) is 0 Å². The van der Waals surface area contributed by atoms with Gasteiger partial charge in [-0.15, -0.1) is 0 Å². The lowest BCUT2D eigenvalue weighted by molar-refractivity contribution is 0.626. The van der Waals surface area contributed by atoms with Gasteiger partial charge in [-0.1, -0.05) is 53.0 Å². The van der Waals surface area contributed by atoms with E-state index in [1.807, 2.05) is 12.3 Å². The Morgan fingerprint density at radius 3 is 2.50 bits per heavy atom. The monoisotopic (exact) mass is 237 g/mol. The largest absolute Gasteiger partial charge is 0.257 e. The first kappa shape index (κ1) is 13.6. The first-order valence-corrected chi connectivity index (χ1v) is 8.44. The minimum Gasteiger partial charge on any atom is -0.257 e. The van der Waals surface area contributed by atoms with Crippen molar-refractivity contribution < 1.29 is 0 Å². The molecule has 0 spiro atoms.